The average molecular weight is 280 g/mol. The monoisotopic (exact) mass is 280 g/mol. The highest BCUT2D eigenvalue weighted by Crippen LogP contribution is 2.30. The fourth-order valence-electron chi connectivity index (χ4n) is 3.77. The first-order chi connectivity index (χ1) is 9.61. The standard InChI is InChI=1S/C17H32N2O/c1-4-9-18-16-7-5-6-14(16)8-10-19-12-15(13(2)3)11-17(19)20/h13-16,18H,4-12H2,1-3H3. The van der Waals surface area contributed by atoms with E-state index in [0.717, 1.165) is 32.0 Å². The van der Waals surface area contributed by atoms with Gasteiger partial charge in [-0.05, 0) is 50.0 Å². The van der Waals surface area contributed by atoms with Gasteiger partial charge in [-0.3, -0.25) is 4.79 Å². The number of nitrogens with one attached hydrogen (secondary N) is 1. The molecule has 3 unspecified atom stereocenters. The van der Waals surface area contributed by atoms with Crippen LogP contribution in [-0.2, 0) is 4.79 Å². The van der Waals surface area contributed by atoms with E-state index in [1.807, 2.05) is 0 Å². The van der Waals surface area contributed by atoms with E-state index >= 15 is 0 Å². The van der Waals surface area contributed by atoms with Gasteiger partial charge in [0.15, 0.2) is 0 Å². The van der Waals surface area contributed by atoms with Gasteiger partial charge in [0, 0.05) is 25.6 Å². The molecule has 1 saturated heterocycles. The molecule has 3 heteroatoms. The molecule has 0 aromatic carbocycles. The number of hydrogen-bond acceptors (Lipinski definition) is 2. The van der Waals surface area contributed by atoms with Crippen LogP contribution >= 0.6 is 0 Å². The Morgan fingerprint density at radius 3 is 2.80 bits per heavy atom. The highest BCUT2D eigenvalue weighted by molar-refractivity contribution is 5.78. The zero-order valence-corrected chi connectivity index (χ0v) is 13.5. The van der Waals surface area contributed by atoms with Gasteiger partial charge in [0.2, 0.25) is 5.91 Å². The van der Waals surface area contributed by atoms with Crippen molar-refractivity contribution < 1.29 is 4.79 Å². The van der Waals surface area contributed by atoms with Crippen LogP contribution in [0.1, 0.15) is 59.3 Å². The van der Waals surface area contributed by atoms with Crippen molar-refractivity contribution in [1.29, 1.82) is 0 Å². The highest BCUT2D eigenvalue weighted by atomic mass is 16.2. The lowest BCUT2D eigenvalue weighted by atomic mass is 9.95. The summed E-state index contributed by atoms with van der Waals surface area (Å²) in [4.78, 5) is 14.2. The Balaban J connectivity index is 1.75. The van der Waals surface area contributed by atoms with Crippen molar-refractivity contribution in [1.82, 2.24) is 10.2 Å². The topological polar surface area (TPSA) is 32.3 Å². The summed E-state index contributed by atoms with van der Waals surface area (Å²) in [6.45, 7) is 9.82. The molecule has 0 radical (unpaired) electrons. The largest absolute Gasteiger partial charge is 0.342 e. The van der Waals surface area contributed by atoms with Crippen LogP contribution < -0.4 is 5.32 Å². The van der Waals surface area contributed by atoms with E-state index in [9.17, 15) is 4.79 Å². The van der Waals surface area contributed by atoms with E-state index in [4.69, 9.17) is 0 Å². The SMILES string of the molecule is CCCNC1CCCC1CCN1CC(C(C)C)CC1=O. The molecule has 0 aromatic rings. The third-order valence-corrected chi connectivity index (χ3v) is 5.27. The third-order valence-electron chi connectivity index (χ3n) is 5.27. The number of rotatable bonds is 7. The van der Waals surface area contributed by atoms with Crippen molar-refractivity contribution in [2.24, 2.45) is 17.8 Å². The smallest absolute Gasteiger partial charge is 0.222 e. The predicted octanol–water partition coefficient (Wildman–Crippen LogP) is 3.05. The summed E-state index contributed by atoms with van der Waals surface area (Å²) in [6, 6.07) is 0.702. The van der Waals surface area contributed by atoms with E-state index in [1.165, 1.54) is 32.1 Å². The minimum absolute atomic E-state index is 0.389. The molecule has 1 aliphatic heterocycles. The summed E-state index contributed by atoms with van der Waals surface area (Å²) in [7, 11) is 0. The van der Waals surface area contributed by atoms with Gasteiger partial charge in [0.1, 0.15) is 0 Å². The molecule has 20 heavy (non-hydrogen) atoms. The van der Waals surface area contributed by atoms with E-state index in [1.54, 1.807) is 0 Å². The maximum absolute atomic E-state index is 12.1. The van der Waals surface area contributed by atoms with Crippen LogP contribution in [0.15, 0.2) is 0 Å². The summed E-state index contributed by atoms with van der Waals surface area (Å²) < 4.78 is 0. The summed E-state index contributed by atoms with van der Waals surface area (Å²) in [6.07, 6.45) is 7.21. The number of hydrogen-bond donors (Lipinski definition) is 1. The van der Waals surface area contributed by atoms with Gasteiger partial charge in [-0.2, -0.15) is 0 Å². The Hall–Kier alpha value is -0.570. The van der Waals surface area contributed by atoms with Gasteiger partial charge in [-0.25, -0.2) is 0 Å². The molecule has 2 rings (SSSR count). The second kappa shape index (κ2) is 7.44. The Morgan fingerprint density at radius 1 is 1.35 bits per heavy atom. The van der Waals surface area contributed by atoms with E-state index in [-0.39, 0.29) is 0 Å². The van der Waals surface area contributed by atoms with Crippen molar-refractivity contribution in [2.75, 3.05) is 19.6 Å². The molecular formula is C17H32N2O. The Labute approximate surface area is 124 Å². The van der Waals surface area contributed by atoms with Gasteiger partial charge in [-0.1, -0.05) is 27.2 Å². The summed E-state index contributed by atoms with van der Waals surface area (Å²) in [5.74, 6) is 2.39. The minimum Gasteiger partial charge on any atom is -0.342 e. The van der Waals surface area contributed by atoms with Crippen LogP contribution in [0.4, 0.5) is 0 Å². The minimum atomic E-state index is 0.389. The molecule has 1 heterocycles. The van der Waals surface area contributed by atoms with Crippen molar-refractivity contribution in [3.05, 3.63) is 0 Å². The van der Waals surface area contributed by atoms with E-state index in [0.29, 0.717) is 23.8 Å². The molecule has 3 atom stereocenters. The molecule has 2 aliphatic rings. The maximum atomic E-state index is 12.1. The van der Waals surface area contributed by atoms with Gasteiger partial charge in [0.05, 0.1) is 0 Å². The molecule has 1 N–H and O–H groups in total. The Morgan fingerprint density at radius 2 is 2.15 bits per heavy atom. The molecule has 3 nitrogen and oxygen atoms in total. The lowest BCUT2D eigenvalue weighted by molar-refractivity contribution is -0.127. The highest BCUT2D eigenvalue weighted by Gasteiger charge is 2.33. The maximum Gasteiger partial charge on any atom is 0.222 e. The lowest BCUT2D eigenvalue weighted by Gasteiger charge is -2.24. The molecule has 1 saturated carbocycles. The number of carbonyl (C=O) groups is 1. The van der Waals surface area contributed by atoms with Gasteiger partial charge in [-0.15, -0.1) is 0 Å². The summed E-state index contributed by atoms with van der Waals surface area (Å²) in [5, 5.41) is 3.69. The number of likely N-dealkylation sites (tertiary alicyclic amines) is 1. The third kappa shape index (κ3) is 3.97. The van der Waals surface area contributed by atoms with Crippen molar-refractivity contribution in [3.8, 4) is 0 Å². The lowest BCUT2D eigenvalue weighted by Crippen LogP contribution is -2.35. The van der Waals surface area contributed by atoms with Gasteiger partial charge in [0.25, 0.3) is 0 Å². The molecule has 0 spiro atoms. The molecule has 1 amide bonds. The first kappa shape index (κ1) is 15.8. The van der Waals surface area contributed by atoms with Crippen molar-refractivity contribution in [3.63, 3.8) is 0 Å². The van der Waals surface area contributed by atoms with Crippen molar-refractivity contribution in [2.45, 2.75) is 65.3 Å². The molecule has 1 aliphatic carbocycles. The number of nitrogens with zero attached hydrogens (tertiary/aromatic N) is 1. The Bertz CT molecular complexity index is 316. The fraction of sp³-hybridized carbons (Fsp3) is 0.941. The quantitative estimate of drug-likeness (QED) is 0.777. The molecule has 0 bridgehead atoms. The van der Waals surface area contributed by atoms with Crippen molar-refractivity contribution >= 4 is 5.91 Å². The van der Waals surface area contributed by atoms with E-state index in [2.05, 4.69) is 31.0 Å². The van der Waals surface area contributed by atoms with Gasteiger partial charge >= 0.3 is 0 Å². The fourth-order valence-corrected chi connectivity index (χ4v) is 3.77. The van der Waals surface area contributed by atoms with Crippen LogP contribution in [0.5, 0.6) is 0 Å². The first-order valence-corrected chi connectivity index (χ1v) is 8.63. The Kier molecular flexibility index (Phi) is 5.88. The predicted molar refractivity (Wildman–Crippen MR) is 83.6 cm³/mol. The van der Waals surface area contributed by atoms with Gasteiger partial charge < -0.3 is 10.2 Å². The van der Waals surface area contributed by atoms with Crippen LogP contribution in [0.25, 0.3) is 0 Å². The second-order valence-corrected chi connectivity index (χ2v) is 7.09. The van der Waals surface area contributed by atoms with E-state index < -0.39 is 0 Å². The second-order valence-electron chi connectivity index (χ2n) is 7.09. The molecular weight excluding hydrogens is 248 g/mol. The van der Waals surface area contributed by atoms with Crippen LogP contribution in [0, 0.1) is 17.8 Å². The zero-order valence-electron chi connectivity index (χ0n) is 13.5. The average Bonchev–Trinajstić information content (AvgIpc) is 3.00. The molecule has 116 valence electrons. The first-order valence-electron chi connectivity index (χ1n) is 8.63. The normalized spacial score (nSPS) is 30.7. The number of amides is 1. The molecule has 0 aromatic heterocycles. The summed E-state index contributed by atoms with van der Waals surface area (Å²) >= 11 is 0. The van der Waals surface area contributed by atoms with Crippen LogP contribution in [-0.4, -0.2) is 36.5 Å². The summed E-state index contributed by atoms with van der Waals surface area (Å²) in [5.41, 5.74) is 0. The van der Waals surface area contributed by atoms with Crippen LogP contribution in [0.3, 0.4) is 0 Å². The number of carbonyl (C=O) groups excluding carboxylic acids is 1. The van der Waals surface area contributed by atoms with Crippen LogP contribution in [0.2, 0.25) is 0 Å². The molecule has 2 fully saturated rings. The zero-order chi connectivity index (χ0) is 14.5.